The van der Waals surface area contributed by atoms with Crippen LogP contribution in [-0.2, 0) is 23.1 Å². The van der Waals surface area contributed by atoms with Crippen LogP contribution >= 0.6 is 0 Å². The van der Waals surface area contributed by atoms with E-state index in [1.165, 1.54) is 0 Å². The number of benzene rings is 2. The zero-order valence-electron chi connectivity index (χ0n) is 20.0. The summed E-state index contributed by atoms with van der Waals surface area (Å²) >= 11 is 0. The van der Waals surface area contributed by atoms with Gasteiger partial charge < -0.3 is 29.1 Å². The highest BCUT2D eigenvalue weighted by atomic mass is 16.5. The van der Waals surface area contributed by atoms with Crippen molar-refractivity contribution in [3.05, 3.63) is 66.0 Å². The summed E-state index contributed by atoms with van der Waals surface area (Å²) in [6.45, 7) is 2.29. The Morgan fingerprint density at radius 1 is 1.31 bits per heavy atom. The number of hydrogen-bond acceptors (Lipinski definition) is 7. The number of aryl methyl sites for hydroxylation is 1. The van der Waals surface area contributed by atoms with Crippen LogP contribution in [0.2, 0.25) is 0 Å². The van der Waals surface area contributed by atoms with E-state index in [4.69, 9.17) is 13.9 Å². The molecule has 0 aliphatic carbocycles. The lowest BCUT2D eigenvalue weighted by atomic mass is 10.1. The third-order valence-corrected chi connectivity index (χ3v) is 6.30. The number of anilines is 2. The molecular weight excluding hydrogens is 458 g/mol. The standard InChI is InChI=1S/C27H27N5O4/c1-32-16-21(13-28)23-6-5-22(12-24(23)32)31-26-29-15-25(36-26)20-4-2-3-19(11-20)14-30-27(33)35-10-8-18-7-9-34-17-18/h2-6,11-12,15-16,18H,7-10,14,17H2,1H3,(H,29,31)(H,30,33). The Balaban J connectivity index is 1.18. The number of alkyl carbamates (subject to hydrolysis) is 1. The molecule has 2 N–H and O–H groups in total. The van der Waals surface area contributed by atoms with Gasteiger partial charge in [0.15, 0.2) is 5.76 Å². The zero-order chi connectivity index (χ0) is 24.9. The summed E-state index contributed by atoms with van der Waals surface area (Å²) in [6.07, 6.45) is 4.89. The number of nitrogens with one attached hydrogen (secondary N) is 2. The summed E-state index contributed by atoms with van der Waals surface area (Å²) in [4.78, 5) is 16.4. The first kappa shape index (κ1) is 23.5. The van der Waals surface area contributed by atoms with E-state index in [2.05, 4.69) is 21.7 Å². The molecule has 0 radical (unpaired) electrons. The van der Waals surface area contributed by atoms with Crippen molar-refractivity contribution >= 4 is 28.7 Å². The quantitative estimate of drug-likeness (QED) is 0.357. The maximum absolute atomic E-state index is 12.0. The topological polar surface area (TPSA) is 114 Å². The summed E-state index contributed by atoms with van der Waals surface area (Å²) in [7, 11) is 1.91. The van der Waals surface area contributed by atoms with Gasteiger partial charge in [0.1, 0.15) is 6.07 Å². The molecule has 5 rings (SSSR count). The van der Waals surface area contributed by atoms with E-state index in [-0.39, 0.29) is 0 Å². The number of ether oxygens (including phenoxy) is 2. The average Bonchev–Trinajstić information content (AvgIpc) is 3.64. The van der Waals surface area contributed by atoms with Gasteiger partial charge in [-0.2, -0.15) is 5.26 Å². The monoisotopic (exact) mass is 485 g/mol. The molecule has 1 fully saturated rings. The highest BCUT2D eigenvalue weighted by Gasteiger charge is 2.16. The molecule has 184 valence electrons. The molecule has 0 saturated carbocycles. The summed E-state index contributed by atoms with van der Waals surface area (Å²) in [5, 5.41) is 16.2. The van der Waals surface area contributed by atoms with E-state index < -0.39 is 6.09 Å². The van der Waals surface area contributed by atoms with E-state index in [9.17, 15) is 10.1 Å². The van der Waals surface area contributed by atoms with Gasteiger partial charge in [-0.15, -0.1) is 0 Å². The number of amides is 1. The minimum Gasteiger partial charge on any atom is -0.450 e. The number of hydrogen-bond donors (Lipinski definition) is 2. The van der Waals surface area contributed by atoms with Gasteiger partial charge in [-0.3, -0.25) is 0 Å². The van der Waals surface area contributed by atoms with Crippen molar-refractivity contribution in [2.24, 2.45) is 13.0 Å². The van der Waals surface area contributed by atoms with Crippen LogP contribution in [0.1, 0.15) is 24.0 Å². The molecule has 36 heavy (non-hydrogen) atoms. The van der Waals surface area contributed by atoms with E-state index in [1.54, 1.807) is 6.20 Å². The lowest BCUT2D eigenvalue weighted by Gasteiger charge is -2.10. The van der Waals surface area contributed by atoms with Crippen LogP contribution in [0.15, 0.2) is 59.3 Å². The number of rotatable bonds is 8. The van der Waals surface area contributed by atoms with Gasteiger partial charge in [-0.25, -0.2) is 9.78 Å². The molecule has 2 aromatic carbocycles. The van der Waals surface area contributed by atoms with E-state index in [1.807, 2.05) is 60.3 Å². The predicted molar refractivity (Wildman–Crippen MR) is 135 cm³/mol. The fourth-order valence-electron chi connectivity index (χ4n) is 4.33. The molecule has 1 unspecified atom stereocenters. The average molecular weight is 486 g/mol. The number of aromatic nitrogens is 2. The molecule has 9 nitrogen and oxygen atoms in total. The van der Waals surface area contributed by atoms with Crippen molar-refractivity contribution in [3.8, 4) is 17.4 Å². The second-order valence-corrected chi connectivity index (χ2v) is 8.86. The lowest BCUT2D eigenvalue weighted by Crippen LogP contribution is -2.24. The third-order valence-electron chi connectivity index (χ3n) is 6.30. The number of carbonyl (C=O) groups excluding carboxylic acids is 1. The smallest absolute Gasteiger partial charge is 0.407 e. The SMILES string of the molecule is Cn1cc(C#N)c2ccc(Nc3ncc(-c4cccc(CNC(=O)OCCC5CCOC5)c4)o3)cc21. The van der Waals surface area contributed by atoms with Gasteiger partial charge in [-0.1, -0.05) is 18.2 Å². The maximum atomic E-state index is 12.0. The second-order valence-electron chi connectivity index (χ2n) is 8.86. The van der Waals surface area contributed by atoms with Crippen molar-refractivity contribution in [2.75, 3.05) is 25.1 Å². The van der Waals surface area contributed by atoms with Gasteiger partial charge in [0, 0.05) is 49.6 Å². The first-order valence-corrected chi connectivity index (χ1v) is 11.9. The van der Waals surface area contributed by atoms with Gasteiger partial charge in [0.05, 0.1) is 23.9 Å². The van der Waals surface area contributed by atoms with Gasteiger partial charge >= 0.3 is 6.09 Å². The highest BCUT2D eigenvalue weighted by molar-refractivity contribution is 5.89. The van der Waals surface area contributed by atoms with Crippen LogP contribution < -0.4 is 10.6 Å². The van der Waals surface area contributed by atoms with Crippen molar-refractivity contribution in [3.63, 3.8) is 0 Å². The number of fused-ring (bicyclic) bond motifs is 1. The third kappa shape index (κ3) is 5.34. The molecule has 1 saturated heterocycles. The van der Waals surface area contributed by atoms with Crippen LogP contribution in [0.3, 0.4) is 0 Å². The molecular formula is C27H27N5O4. The number of oxazole rings is 1. The van der Waals surface area contributed by atoms with Gasteiger partial charge in [-0.05, 0) is 48.6 Å². The minimum absolute atomic E-state index is 0.347. The van der Waals surface area contributed by atoms with Crippen LogP contribution in [0.4, 0.5) is 16.5 Å². The largest absolute Gasteiger partial charge is 0.450 e. The Hall–Kier alpha value is -4.29. The lowest BCUT2D eigenvalue weighted by molar-refractivity contribution is 0.133. The molecule has 1 atom stereocenters. The normalized spacial score (nSPS) is 15.1. The second kappa shape index (κ2) is 10.5. The summed E-state index contributed by atoms with van der Waals surface area (Å²) in [5.41, 5.74) is 4.15. The molecule has 4 aromatic rings. The first-order chi connectivity index (χ1) is 17.6. The van der Waals surface area contributed by atoms with Gasteiger partial charge in [0.2, 0.25) is 0 Å². The van der Waals surface area contributed by atoms with Crippen molar-refractivity contribution in [1.82, 2.24) is 14.9 Å². The van der Waals surface area contributed by atoms with Crippen LogP contribution in [0.5, 0.6) is 0 Å². The molecule has 0 bridgehead atoms. The van der Waals surface area contributed by atoms with Crippen molar-refractivity contribution in [1.29, 1.82) is 5.26 Å². The predicted octanol–water partition coefficient (Wildman–Crippen LogP) is 5.10. The summed E-state index contributed by atoms with van der Waals surface area (Å²) < 4.78 is 18.5. The first-order valence-electron chi connectivity index (χ1n) is 11.9. The molecule has 0 spiro atoms. The Kier molecular flexibility index (Phi) is 6.87. The zero-order valence-corrected chi connectivity index (χ0v) is 20.0. The maximum Gasteiger partial charge on any atom is 0.407 e. The fourth-order valence-corrected chi connectivity index (χ4v) is 4.33. The Morgan fingerprint density at radius 2 is 2.22 bits per heavy atom. The Morgan fingerprint density at radius 3 is 3.06 bits per heavy atom. The summed E-state index contributed by atoms with van der Waals surface area (Å²) in [6, 6.07) is 16.0. The summed E-state index contributed by atoms with van der Waals surface area (Å²) in [5.74, 6) is 1.08. The van der Waals surface area contributed by atoms with Crippen LogP contribution in [0.25, 0.3) is 22.2 Å². The number of carbonyl (C=O) groups is 1. The van der Waals surface area contributed by atoms with Crippen LogP contribution in [0, 0.1) is 17.2 Å². The van der Waals surface area contributed by atoms with Crippen LogP contribution in [-0.4, -0.2) is 35.5 Å². The molecule has 1 amide bonds. The van der Waals surface area contributed by atoms with E-state index >= 15 is 0 Å². The number of nitrogens with zero attached hydrogens (tertiary/aromatic N) is 3. The van der Waals surface area contributed by atoms with Crippen molar-refractivity contribution < 1.29 is 18.7 Å². The Labute approximate surface area is 208 Å². The van der Waals surface area contributed by atoms with Gasteiger partial charge in [0.25, 0.3) is 6.01 Å². The molecule has 1 aliphatic heterocycles. The highest BCUT2D eigenvalue weighted by Crippen LogP contribution is 2.28. The molecule has 9 heteroatoms. The number of nitriles is 1. The minimum atomic E-state index is -0.428. The van der Waals surface area contributed by atoms with E-state index in [0.717, 1.165) is 53.8 Å². The Bertz CT molecular complexity index is 1410. The molecule has 2 aromatic heterocycles. The van der Waals surface area contributed by atoms with E-state index in [0.29, 0.717) is 36.4 Å². The molecule has 1 aliphatic rings. The molecule has 3 heterocycles. The van der Waals surface area contributed by atoms with Crippen molar-refractivity contribution in [2.45, 2.75) is 19.4 Å². The fraction of sp³-hybridized carbons (Fsp3) is 0.296.